The zero-order valence-corrected chi connectivity index (χ0v) is 9.58. The van der Waals surface area contributed by atoms with Gasteiger partial charge >= 0.3 is 0 Å². The predicted octanol–water partition coefficient (Wildman–Crippen LogP) is 2.34. The molecule has 0 aliphatic rings. The van der Waals surface area contributed by atoms with E-state index in [1.807, 2.05) is 18.2 Å². The van der Waals surface area contributed by atoms with Gasteiger partial charge in [0, 0.05) is 0 Å². The number of rotatable bonds is 4. The maximum absolute atomic E-state index is 8.40. The number of hydrogen-bond acceptors (Lipinski definition) is 3. The first kappa shape index (κ1) is 12.0. The Hall–Kier alpha value is -1.06. The van der Waals surface area contributed by atoms with E-state index in [0.29, 0.717) is 13.2 Å². The predicted molar refractivity (Wildman–Crippen MR) is 60.4 cm³/mol. The third-order valence-corrected chi connectivity index (χ3v) is 2.18. The maximum atomic E-state index is 8.40. The molecule has 0 aliphatic carbocycles. The molecule has 0 heterocycles. The highest BCUT2D eigenvalue weighted by Crippen LogP contribution is 2.25. The molecule has 3 heteroatoms. The molecular formula is C12H19NO2. The van der Waals surface area contributed by atoms with E-state index < -0.39 is 0 Å². The summed E-state index contributed by atoms with van der Waals surface area (Å²) in [5, 5.41) is 8.40. The highest BCUT2D eigenvalue weighted by molar-refractivity contribution is 5.32. The minimum Gasteiger partial charge on any atom is -0.492 e. The van der Waals surface area contributed by atoms with Crippen molar-refractivity contribution in [3.05, 3.63) is 29.8 Å². The zero-order valence-electron chi connectivity index (χ0n) is 9.58. The van der Waals surface area contributed by atoms with Crippen molar-refractivity contribution in [3.63, 3.8) is 0 Å². The van der Waals surface area contributed by atoms with Gasteiger partial charge in [-0.15, -0.1) is 0 Å². The lowest BCUT2D eigenvalue weighted by atomic mass is 9.87. The Bertz CT molecular complexity index is 305. The summed E-state index contributed by atoms with van der Waals surface area (Å²) in [5.41, 5.74) is 3.44. The van der Waals surface area contributed by atoms with Crippen LogP contribution in [0, 0.1) is 0 Å². The monoisotopic (exact) mass is 209 g/mol. The molecule has 15 heavy (non-hydrogen) atoms. The molecule has 84 valence electrons. The second kappa shape index (κ2) is 5.14. The van der Waals surface area contributed by atoms with Crippen molar-refractivity contribution in [3.8, 4) is 5.75 Å². The number of hydrogen-bond donors (Lipinski definition) is 2. The fourth-order valence-corrected chi connectivity index (χ4v) is 1.27. The van der Waals surface area contributed by atoms with Crippen LogP contribution in [-0.4, -0.2) is 18.4 Å². The molecule has 1 aromatic rings. The normalized spacial score (nSPS) is 11.5. The van der Waals surface area contributed by atoms with Crippen LogP contribution in [0.25, 0.3) is 0 Å². The Kier molecular flexibility index (Phi) is 4.12. The second-order valence-corrected chi connectivity index (χ2v) is 4.53. The zero-order chi connectivity index (χ0) is 11.3. The smallest absolute Gasteiger partial charge is 0.119 e. The molecule has 0 aliphatic heterocycles. The van der Waals surface area contributed by atoms with Crippen molar-refractivity contribution >= 4 is 0 Å². The molecule has 1 aromatic carbocycles. The molecule has 0 atom stereocenters. The average Bonchev–Trinajstić information content (AvgIpc) is 2.17. The van der Waals surface area contributed by atoms with E-state index in [-0.39, 0.29) is 5.41 Å². The van der Waals surface area contributed by atoms with Crippen LogP contribution >= 0.6 is 0 Å². The summed E-state index contributed by atoms with van der Waals surface area (Å²) in [5.74, 6) is 0.845. The van der Waals surface area contributed by atoms with E-state index in [1.54, 1.807) is 0 Å². The summed E-state index contributed by atoms with van der Waals surface area (Å²) < 4.78 is 5.46. The van der Waals surface area contributed by atoms with Gasteiger partial charge in [-0.25, -0.2) is 5.48 Å². The molecule has 0 amide bonds. The lowest BCUT2D eigenvalue weighted by Crippen LogP contribution is -2.17. The van der Waals surface area contributed by atoms with Gasteiger partial charge < -0.3 is 9.94 Å². The lowest BCUT2D eigenvalue weighted by molar-refractivity contribution is 0.145. The fourth-order valence-electron chi connectivity index (χ4n) is 1.27. The standard InChI is InChI=1S/C12H19NO2/c1-12(2,3)10-5-4-6-11(9-10)15-8-7-13-14/h4-6,9,13-14H,7-8H2,1-3H3. The number of hydroxylamine groups is 1. The van der Waals surface area contributed by atoms with Gasteiger partial charge in [0.1, 0.15) is 12.4 Å². The molecule has 0 saturated carbocycles. The van der Waals surface area contributed by atoms with Crippen LogP contribution in [0.1, 0.15) is 26.3 Å². The van der Waals surface area contributed by atoms with E-state index >= 15 is 0 Å². The summed E-state index contributed by atoms with van der Waals surface area (Å²) in [6.07, 6.45) is 0. The molecule has 0 fully saturated rings. The molecule has 0 spiro atoms. The Labute approximate surface area is 91.0 Å². The van der Waals surface area contributed by atoms with E-state index in [2.05, 4.69) is 32.3 Å². The number of nitrogens with one attached hydrogen (secondary N) is 1. The third kappa shape index (κ3) is 3.90. The van der Waals surface area contributed by atoms with Crippen molar-refractivity contribution in [2.75, 3.05) is 13.2 Å². The molecular weight excluding hydrogens is 190 g/mol. The minimum absolute atomic E-state index is 0.134. The Morgan fingerprint density at radius 2 is 2.07 bits per heavy atom. The van der Waals surface area contributed by atoms with Gasteiger partial charge in [0.25, 0.3) is 0 Å². The number of benzene rings is 1. The van der Waals surface area contributed by atoms with Crippen molar-refractivity contribution < 1.29 is 9.94 Å². The fraction of sp³-hybridized carbons (Fsp3) is 0.500. The van der Waals surface area contributed by atoms with Crippen molar-refractivity contribution in [1.29, 1.82) is 0 Å². The largest absolute Gasteiger partial charge is 0.492 e. The minimum atomic E-state index is 0.134. The van der Waals surface area contributed by atoms with Crippen LogP contribution in [-0.2, 0) is 5.41 Å². The first-order valence-corrected chi connectivity index (χ1v) is 5.14. The third-order valence-electron chi connectivity index (χ3n) is 2.18. The van der Waals surface area contributed by atoms with E-state index in [1.165, 1.54) is 5.56 Å². The Morgan fingerprint density at radius 3 is 2.67 bits per heavy atom. The van der Waals surface area contributed by atoms with E-state index in [0.717, 1.165) is 5.75 Å². The van der Waals surface area contributed by atoms with Gasteiger partial charge in [0.05, 0.1) is 6.54 Å². The van der Waals surface area contributed by atoms with Gasteiger partial charge in [-0.05, 0) is 23.1 Å². The van der Waals surface area contributed by atoms with Crippen LogP contribution in [0.15, 0.2) is 24.3 Å². The van der Waals surface area contributed by atoms with Crippen LogP contribution < -0.4 is 10.2 Å². The van der Waals surface area contributed by atoms with Crippen molar-refractivity contribution in [2.24, 2.45) is 0 Å². The highest BCUT2D eigenvalue weighted by Gasteiger charge is 2.13. The SMILES string of the molecule is CC(C)(C)c1cccc(OCCNO)c1. The molecule has 0 unspecified atom stereocenters. The van der Waals surface area contributed by atoms with Gasteiger partial charge in [-0.1, -0.05) is 32.9 Å². The van der Waals surface area contributed by atoms with E-state index in [4.69, 9.17) is 9.94 Å². The van der Waals surface area contributed by atoms with Crippen LogP contribution in [0.2, 0.25) is 0 Å². The summed E-state index contributed by atoms with van der Waals surface area (Å²) >= 11 is 0. The van der Waals surface area contributed by atoms with Crippen LogP contribution in [0.5, 0.6) is 5.75 Å². The first-order chi connectivity index (χ1) is 7.04. The quantitative estimate of drug-likeness (QED) is 0.590. The molecule has 2 N–H and O–H groups in total. The summed E-state index contributed by atoms with van der Waals surface area (Å²) in [4.78, 5) is 0. The molecule has 0 saturated heterocycles. The molecule has 1 rings (SSSR count). The van der Waals surface area contributed by atoms with Gasteiger partial charge in [0.15, 0.2) is 0 Å². The van der Waals surface area contributed by atoms with Crippen molar-refractivity contribution in [1.82, 2.24) is 5.48 Å². The van der Waals surface area contributed by atoms with Gasteiger partial charge in [-0.3, -0.25) is 0 Å². The average molecular weight is 209 g/mol. The van der Waals surface area contributed by atoms with Crippen molar-refractivity contribution in [2.45, 2.75) is 26.2 Å². The first-order valence-electron chi connectivity index (χ1n) is 5.14. The highest BCUT2D eigenvalue weighted by atomic mass is 16.5. The Morgan fingerprint density at radius 1 is 1.33 bits per heavy atom. The summed E-state index contributed by atoms with van der Waals surface area (Å²) in [6, 6.07) is 8.05. The Balaban J connectivity index is 2.66. The number of ether oxygens (including phenoxy) is 1. The lowest BCUT2D eigenvalue weighted by Gasteiger charge is -2.19. The molecule has 0 bridgehead atoms. The molecule has 0 radical (unpaired) electrons. The van der Waals surface area contributed by atoms with Gasteiger partial charge in [0.2, 0.25) is 0 Å². The molecule has 0 aromatic heterocycles. The van der Waals surface area contributed by atoms with Crippen LogP contribution in [0.4, 0.5) is 0 Å². The maximum Gasteiger partial charge on any atom is 0.119 e. The summed E-state index contributed by atoms with van der Waals surface area (Å²) in [7, 11) is 0. The van der Waals surface area contributed by atoms with Gasteiger partial charge in [-0.2, -0.15) is 0 Å². The second-order valence-electron chi connectivity index (χ2n) is 4.53. The van der Waals surface area contributed by atoms with E-state index in [9.17, 15) is 0 Å². The topological polar surface area (TPSA) is 41.5 Å². The molecule has 3 nitrogen and oxygen atoms in total. The summed E-state index contributed by atoms with van der Waals surface area (Å²) in [6.45, 7) is 7.40. The van der Waals surface area contributed by atoms with Crippen LogP contribution in [0.3, 0.4) is 0 Å².